The van der Waals surface area contributed by atoms with E-state index in [1.54, 1.807) is 24.0 Å². The van der Waals surface area contributed by atoms with E-state index in [-0.39, 0.29) is 18.3 Å². The molecule has 0 saturated heterocycles. The van der Waals surface area contributed by atoms with Crippen LogP contribution in [0.1, 0.15) is 24.5 Å². The molecule has 0 aliphatic carbocycles. The highest BCUT2D eigenvalue weighted by Crippen LogP contribution is 2.32. The molecular weight excluding hydrogens is 359 g/mol. The normalized spacial score (nSPS) is 14.3. The van der Waals surface area contributed by atoms with Crippen molar-refractivity contribution >= 4 is 41.3 Å². The van der Waals surface area contributed by atoms with Gasteiger partial charge in [0.05, 0.1) is 0 Å². The zero-order valence-corrected chi connectivity index (χ0v) is 15.9. The first-order chi connectivity index (χ1) is 11.5. The Hall–Kier alpha value is -1.91. The number of carbonyl (C=O) groups excluding carboxylic acids is 1. The average molecular weight is 381 g/mol. The van der Waals surface area contributed by atoms with Gasteiger partial charge in [-0.1, -0.05) is 17.7 Å². The maximum atomic E-state index is 12.9. The van der Waals surface area contributed by atoms with Crippen LogP contribution in [0.15, 0.2) is 36.4 Å². The minimum atomic E-state index is -0.586. The lowest BCUT2D eigenvalue weighted by Gasteiger charge is -2.32. The number of rotatable bonds is 3. The molecule has 0 spiro atoms. The molecule has 2 aromatic carbocycles. The van der Waals surface area contributed by atoms with Crippen LogP contribution >= 0.6 is 24.0 Å². The number of anilines is 2. The molecule has 4 nitrogen and oxygen atoms in total. The average Bonchev–Trinajstić information content (AvgIpc) is 2.56. The quantitative estimate of drug-likeness (QED) is 0.802. The number of amides is 1. The zero-order valence-electron chi connectivity index (χ0n) is 14.3. The summed E-state index contributed by atoms with van der Waals surface area (Å²) in [6.07, 6.45) is 1.22. The molecule has 0 fully saturated rings. The van der Waals surface area contributed by atoms with E-state index in [1.165, 1.54) is 0 Å². The molecule has 1 aliphatic rings. The molecule has 25 heavy (non-hydrogen) atoms. The van der Waals surface area contributed by atoms with Crippen molar-refractivity contribution in [3.8, 4) is 5.75 Å². The molecule has 0 bridgehead atoms. The number of ether oxygens (including phenoxy) is 1. The molecule has 3 rings (SSSR count). The van der Waals surface area contributed by atoms with Gasteiger partial charge < -0.3 is 15.4 Å². The number of hydrogen-bond donors (Lipinski definition) is 1. The van der Waals surface area contributed by atoms with Crippen LogP contribution in [-0.2, 0) is 11.2 Å². The molecular formula is C19H22Cl2N2O2. The number of benzene rings is 2. The van der Waals surface area contributed by atoms with Gasteiger partial charge in [0.25, 0.3) is 5.91 Å². The molecule has 1 heterocycles. The van der Waals surface area contributed by atoms with Crippen LogP contribution in [0.25, 0.3) is 0 Å². The Morgan fingerprint density at radius 2 is 2.08 bits per heavy atom. The van der Waals surface area contributed by atoms with E-state index in [1.807, 2.05) is 31.2 Å². The van der Waals surface area contributed by atoms with Crippen molar-refractivity contribution in [2.24, 2.45) is 0 Å². The van der Waals surface area contributed by atoms with E-state index in [9.17, 15) is 4.79 Å². The lowest BCUT2D eigenvalue weighted by Crippen LogP contribution is -2.43. The van der Waals surface area contributed by atoms with Crippen LogP contribution in [0.4, 0.5) is 11.4 Å². The monoisotopic (exact) mass is 380 g/mol. The molecule has 1 atom stereocenters. The van der Waals surface area contributed by atoms with Crippen LogP contribution in [0, 0.1) is 6.92 Å². The first-order valence-electron chi connectivity index (χ1n) is 8.09. The minimum Gasteiger partial charge on any atom is -0.481 e. The highest BCUT2D eigenvalue weighted by atomic mass is 35.5. The van der Waals surface area contributed by atoms with Gasteiger partial charge in [-0.2, -0.15) is 0 Å². The van der Waals surface area contributed by atoms with Crippen molar-refractivity contribution < 1.29 is 9.53 Å². The highest BCUT2D eigenvalue weighted by Gasteiger charge is 2.28. The molecule has 2 N–H and O–H groups in total. The fraction of sp³-hybridized carbons (Fsp3) is 0.316. The number of hydrogen-bond acceptors (Lipinski definition) is 3. The molecule has 134 valence electrons. The number of fused-ring (bicyclic) bond motifs is 1. The smallest absolute Gasteiger partial charge is 0.267 e. The van der Waals surface area contributed by atoms with E-state index in [0.717, 1.165) is 35.3 Å². The number of nitrogens with two attached hydrogens (primary N) is 1. The van der Waals surface area contributed by atoms with Gasteiger partial charge in [0.15, 0.2) is 6.10 Å². The Kier molecular flexibility index (Phi) is 6.20. The third kappa shape index (κ3) is 4.02. The maximum absolute atomic E-state index is 12.9. The molecule has 2 aromatic rings. The topological polar surface area (TPSA) is 55.6 Å². The van der Waals surface area contributed by atoms with Crippen molar-refractivity contribution in [2.45, 2.75) is 32.8 Å². The second-order valence-corrected chi connectivity index (χ2v) is 6.54. The van der Waals surface area contributed by atoms with Gasteiger partial charge in [-0.25, -0.2) is 0 Å². The standard InChI is InChI=1S/C19H21ClN2O2.ClH/c1-12-11-14(20)8-9-18(12)24-13(2)19(23)22-10-4-5-15-16(21)6-3-7-17(15)22;/h3,6-9,11,13H,4-5,10,21H2,1-2H3;1H. The van der Waals surface area contributed by atoms with Crippen molar-refractivity contribution in [2.75, 3.05) is 17.2 Å². The molecule has 0 radical (unpaired) electrons. The van der Waals surface area contributed by atoms with Crippen LogP contribution in [0.3, 0.4) is 0 Å². The van der Waals surface area contributed by atoms with E-state index in [2.05, 4.69) is 0 Å². The number of aryl methyl sites for hydroxylation is 1. The fourth-order valence-electron chi connectivity index (χ4n) is 3.09. The Labute approximate surface area is 159 Å². The van der Waals surface area contributed by atoms with Crippen LogP contribution < -0.4 is 15.4 Å². The largest absolute Gasteiger partial charge is 0.481 e. The number of nitrogens with zero attached hydrogens (tertiary/aromatic N) is 1. The Bertz CT molecular complexity index is 780. The predicted octanol–water partition coefficient (Wildman–Crippen LogP) is 4.40. The minimum absolute atomic E-state index is 0. The van der Waals surface area contributed by atoms with E-state index in [0.29, 0.717) is 17.3 Å². The summed E-state index contributed by atoms with van der Waals surface area (Å²) in [6, 6.07) is 11.1. The molecule has 6 heteroatoms. The fourth-order valence-corrected chi connectivity index (χ4v) is 3.31. The Morgan fingerprint density at radius 1 is 1.32 bits per heavy atom. The summed E-state index contributed by atoms with van der Waals surface area (Å²) in [5, 5.41) is 0.652. The SMILES string of the molecule is Cc1cc(Cl)ccc1OC(C)C(=O)N1CCCc2c(N)cccc21.Cl. The molecule has 1 aliphatic heterocycles. The second-order valence-electron chi connectivity index (χ2n) is 6.11. The predicted molar refractivity (Wildman–Crippen MR) is 105 cm³/mol. The van der Waals surface area contributed by atoms with Gasteiger partial charge in [-0.05, 0) is 68.1 Å². The summed E-state index contributed by atoms with van der Waals surface area (Å²) in [5.74, 6) is 0.612. The third-order valence-electron chi connectivity index (χ3n) is 4.34. The summed E-state index contributed by atoms with van der Waals surface area (Å²) in [4.78, 5) is 14.7. The van der Waals surface area contributed by atoms with Crippen molar-refractivity contribution in [1.29, 1.82) is 0 Å². The lowest BCUT2D eigenvalue weighted by atomic mass is 9.99. The Balaban J connectivity index is 0.00000225. The zero-order chi connectivity index (χ0) is 17.3. The van der Waals surface area contributed by atoms with Gasteiger partial charge >= 0.3 is 0 Å². The van der Waals surface area contributed by atoms with E-state index in [4.69, 9.17) is 22.1 Å². The highest BCUT2D eigenvalue weighted by molar-refractivity contribution is 6.30. The lowest BCUT2D eigenvalue weighted by molar-refractivity contribution is -0.124. The van der Waals surface area contributed by atoms with Crippen molar-refractivity contribution in [3.05, 3.63) is 52.5 Å². The number of nitrogen functional groups attached to an aromatic ring is 1. The van der Waals surface area contributed by atoms with E-state index < -0.39 is 6.10 Å². The van der Waals surface area contributed by atoms with Crippen LogP contribution in [-0.4, -0.2) is 18.6 Å². The summed E-state index contributed by atoms with van der Waals surface area (Å²) in [5.41, 5.74) is 9.65. The summed E-state index contributed by atoms with van der Waals surface area (Å²) >= 11 is 5.97. The van der Waals surface area contributed by atoms with Gasteiger partial charge in [-0.15, -0.1) is 12.4 Å². The van der Waals surface area contributed by atoms with Gasteiger partial charge in [-0.3, -0.25) is 4.79 Å². The van der Waals surface area contributed by atoms with Crippen molar-refractivity contribution in [1.82, 2.24) is 0 Å². The van der Waals surface area contributed by atoms with Gasteiger partial charge in [0, 0.05) is 22.9 Å². The van der Waals surface area contributed by atoms with Crippen LogP contribution in [0.5, 0.6) is 5.75 Å². The number of halogens is 2. The second kappa shape index (κ2) is 7.98. The first kappa shape index (κ1) is 19.4. The van der Waals surface area contributed by atoms with Crippen LogP contribution in [0.2, 0.25) is 5.02 Å². The van der Waals surface area contributed by atoms with E-state index >= 15 is 0 Å². The van der Waals surface area contributed by atoms with Crippen molar-refractivity contribution in [3.63, 3.8) is 0 Å². The molecule has 0 aromatic heterocycles. The number of carbonyl (C=O) groups is 1. The first-order valence-corrected chi connectivity index (χ1v) is 8.46. The maximum Gasteiger partial charge on any atom is 0.267 e. The third-order valence-corrected chi connectivity index (χ3v) is 4.58. The molecule has 1 amide bonds. The molecule has 1 unspecified atom stereocenters. The summed E-state index contributed by atoms with van der Waals surface area (Å²) in [7, 11) is 0. The summed E-state index contributed by atoms with van der Waals surface area (Å²) in [6.45, 7) is 4.37. The molecule has 0 saturated carbocycles. The Morgan fingerprint density at radius 3 is 2.80 bits per heavy atom. The van der Waals surface area contributed by atoms with Gasteiger partial charge in [0.2, 0.25) is 0 Å². The summed E-state index contributed by atoms with van der Waals surface area (Å²) < 4.78 is 5.88. The van der Waals surface area contributed by atoms with Gasteiger partial charge in [0.1, 0.15) is 5.75 Å².